The number of hydrogen-bond acceptors (Lipinski definition) is 4. The summed E-state index contributed by atoms with van der Waals surface area (Å²) < 4.78 is 15.8. The highest BCUT2D eigenvalue weighted by Crippen LogP contribution is 2.20. The van der Waals surface area contributed by atoms with Crippen molar-refractivity contribution >= 4 is 47.4 Å². The first-order chi connectivity index (χ1) is 14.6. The number of anilines is 1. The lowest BCUT2D eigenvalue weighted by atomic mass is 10.3. The number of aromatic nitrogens is 3. The topological polar surface area (TPSA) is 70.4 Å². The highest BCUT2D eigenvalue weighted by molar-refractivity contribution is 14.0. The number of aliphatic imine (C=N–C) groups is 1. The van der Waals surface area contributed by atoms with Gasteiger partial charge in [-0.05, 0) is 42.8 Å². The van der Waals surface area contributed by atoms with Crippen molar-refractivity contribution in [1.29, 1.82) is 0 Å². The smallest absolute Gasteiger partial charge is 0.191 e. The number of guanidine groups is 1. The van der Waals surface area contributed by atoms with Gasteiger partial charge in [0, 0.05) is 55.7 Å². The first kappa shape index (κ1) is 23.3. The van der Waals surface area contributed by atoms with E-state index in [1.165, 1.54) is 6.07 Å². The third-order valence-electron chi connectivity index (χ3n) is 4.98. The molecule has 4 rings (SSSR count). The Morgan fingerprint density at radius 2 is 2.10 bits per heavy atom. The third kappa shape index (κ3) is 5.85. The van der Waals surface area contributed by atoms with Crippen molar-refractivity contribution in [2.75, 3.05) is 25.0 Å². The Morgan fingerprint density at radius 1 is 1.29 bits per heavy atom. The molecule has 31 heavy (non-hydrogen) atoms. The van der Waals surface area contributed by atoms with Crippen molar-refractivity contribution in [2.45, 2.75) is 19.0 Å². The molecule has 1 fully saturated rings. The SMILES string of the molecule is CN=C(NCc1cnn(-c2ccc(Cl)cc2)c1)NC1CCN(c2ncccc2F)C1.I. The van der Waals surface area contributed by atoms with Crippen LogP contribution in [-0.2, 0) is 6.54 Å². The lowest BCUT2D eigenvalue weighted by Crippen LogP contribution is -2.44. The van der Waals surface area contributed by atoms with Gasteiger partial charge in [0.25, 0.3) is 0 Å². The Balaban J connectivity index is 0.00000272. The van der Waals surface area contributed by atoms with E-state index in [2.05, 4.69) is 25.7 Å². The van der Waals surface area contributed by atoms with Crippen molar-refractivity contribution < 1.29 is 4.39 Å². The maximum absolute atomic E-state index is 14.0. The summed E-state index contributed by atoms with van der Waals surface area (Å²) in [7, 11) is 1.73. The number of nitrogens with one attached hydrogen (secondary N) is 2. The molecule has 164 valence electrons. The maximum atomic E-state index is 14.0. The second kappa shape index (κ2) is 10.8. The third-order valence-corrected chi connectivity index (χ3v) is 5.23. The predicted molar refractivity (Wildman–Crippen MR) is 132 cm³/mol. The van der Waals surface area contributed by atoms with E-state index in [-0.39, 0.29) is 35.8 Å². The zero-order valence-corrected chi connectivity index (χ0v) is 20.1. The van der Waals surface area contributed by atoms with Crippen LogP contribution >= 0.6 is 35.6 Å². The second-order valence-electron chi connectivity index (χ2n) is 7.08. The summed E-state index contributed by atoms with van der Waals surface area (Å²) in [5, 5.41) is 11.8. The highest BCUT2D eigenvalue weighted by Gasteiger charge is 2.25. The van der Waals surface area contributed by atoms with Gasteiger partial charge in [0.1, 0.15) is 0 Å². The first-order valence-corrected chi connectivity index (χ1v) is 10.1. The van der Waals surface area contributed by atoms with E-state index >= 15 is 0 Å². The summed E-state index contributed by atoms with van der Waals surface area (Å²) in [6.45, 7) is 2.00. The van der Waals surface area contributed by atoms with E-state index in [1.807, 2.05) is 41.6 Å². The number of rotatable bonds is 5. The molecule has 0 bridgehead atoms. The molecule has 1 saturated heterocycles. The van der Waals surface area contributed by atoms with Crippen molar-refractivity contribution in [3.63, 3.8) is 0 Å². The summed E-state index contributed by atoms with van der Waals surface area (Å²) in [5.41, 5.74) is 1.97. The van der Waals surface area contributed by atoms with E-state index in [4.69, 9.17) is 11.6 Å². The average Bonchev–Trinajstić information content (AvgIpc) is 3.42. The molecular formula is C21H24ClFIN7. The van der Waals surface area contributed by atoms with Crippen LogP contribution < -0.4 is 15.5 Å². The van der Waals surface area contributed by atoms with Crippen LogP contribution in [0.4, 0.5) is 10.2 Å². The molecule has 0 aliphatic carbocycles. The molecule has 2 aromatic heterocycles. The monoisotopic (exact) mass is 555 g/mol. The van der Waals surface area contributed by atoms with Gasteiger partial charge >= 0.3 is 0 Å². The van der Waals surface area contributed by atoms with E-state index in [0.717, 1.165) is 24.2 Å². The lowest BCUT2D eigenvalue weighted by Gasteiger charge is -2.19. The number of benzene rings is 1. The Hall–Kier alpha value is -2.40. The maximum Gasteiger partial charge on any atom is 0.191 e. The van der Waals surface area contributed by atoms with Crippen molar-refractivity contribution in [3.8, 4) is 5.69 Å². The summed E-state index contributed by atoms with van der Waals surface area (Å²) >= 11 is 5.94. The molecule has 1 aromatic carbocycles. The highest BCUT2D eigenvalue weighted by atomic mass is 127. The van der Waals surface area contributed by atoms with E-state index in [1.54, 1.807) is 24.0 Å². The summed E-state index contributed by atoms with van der Waals surface area (Å²) in [5.74, 6) is 0.806. The number of pyridine rings is 1. The van der Waals surface area contributed by atoms with Gasteiger partial charge in [-0.15, -0.1) is 24.0 Å². The zero-order valence-electron chi connectivity index (χ0n) is 17.0. The Morgan fingerprint density at radius 3 is 2.84 bits per heavy atom. The molecule has 3 aromatic rings. The van der Waals surface area contributed by atoms with Crippen molar-refractivity contribution in [3.05, 3.63) is 71.4 Å². The molecule has 1 unspecified atom stereocenters. The van der Waals surface area contributed by atoms with Gasteiger partial charge in [-0.1, -0.05) is 11.6 Å². The Bertz CT molecular complexity index is 1020. The van der Waals surface area contributed by atoms with Crippen LogP contribution in [0.3, 0.4) is 0 Å². The van der Waals surface area contributed by atoms with Crippen molar-refractivity contribution in [2.24, 2.45) is 4.99 Å². The predicted octanol–water partition coefficient (Wildman–Crippen LogP) is 3.62. The van der Waals surface area contributed by atoms with E-state index in [0.29, 0.717) is 29.9 Å². The molecule has 1 aliphatic heterocycles. The molecule has 0 amide bonds. The second-order valence-corrected chi connectivity index (χ2v) is 7.52. The fraction of sp³-hybridized carbons (Fsp3) is 0.286. The molecular weight excluding hydrogens is 532 g/mol. The fourth-order valence-corrected chi connectivity index (χ4v) is 3.57. The molecule has 0 spiro atoms. The Labute approximate surface area is 202 Å². The zero-order chi connectivity index (χ0) is 20.9. The van der Waals surface area contributed by atoms with Gasteiger partial charge in [-0.3, -0.25) is 4.99 Å². The van der Waals surface area contributed by atoms with Gasteiger partial charge in [0.15, 0.2) is 17.6 Å². The number of halogens is 3. The van der Waals surface area contributed by atoms with Gasteiger partial charge in [-0.2, -0.15) is 5.10 Å². The largest absolute Gasteiger partial charge is 0.352 e. The minimum absolute atomic E-state index is 0. The van der Waals surface area contributed by atoms with Crippen LogP contribution in [-0.4, -0.2) is 46.9 Å². The van der Waals surface area contributed by atoms with Crippen molar-refractivity contribution in [1.82, 2.24) is 25.4 Å². The minimum atomic E-state index is -0.293. The molecule has 2 N–H and O–H groups in total. The molecule has 10 heteroatoms. The van der Waals surface area contributed by atoms with Crippen LogP contribution in [0.1, 0.15) is 12.0 Å². The van der Waals surface area contributed by atoms with Crippen LogP contribution in [0.25, 0.3) is 5.69 Å². The number of nitrogens with zero attached hydrogens (tertiary/aromatic N) is 5. The van der Waals surface area contributed by atoms with Gasteiger partial charge in [0.2, 0.25) is 0 Å². The van der Waals surface area contributed by atoms with Gasteiger partial charge in [0.05, 0.1) is 11.9 Å². The molecule has 0 radical (unpaired) electrons. The molecule has 3 heterocycles. The van der Waals surface area contributed by atoms with Crippen LogP contribution in [0.2, 0.25) is 5.02 Å². The Kier molecular flexibility index (Phi) is 8.08. The summed E-state index contributed by atoms with van der Waals surface area (Å²) in [4.78, 5) is 10.4. The minimum Gasteiger partial charge on any atom is -0.352 e. The molecule has 7 nitrogen and oxygen atoms in total. The molecule has 1 atom stereocenters. The normalized spacial score (nSPS) is 16.2. The van der Waals surface area contributed by atoms with E-state index < -0.39 is 0 Å². The molecule has 0 saturated carbocycles. The van der Waals surface area contributed by atoms with E-state index in [9.17, 15) is 4.39 Å². The van der Waals surface area contributed by atoms with Crippen LogP contribution in [0.5, 0.6) is 0 Å². The molecule has 1 aliphatic rings. The number of hydrogen-bond donors (Lipinski definition) is 2. The van der Waals surface area contributed by atoms with Crippen LogP contribution in [0, 0.1) is 5.82 Å². The standard InChI is InChI=1S/C21H23ClFN7.HI/c1-24-21(28-17-8-10-29(14-17)20-19(23)3-2-9-25-20)26-11-15-12-27-30(13-15)18-6-4-16(22)5-7-18;/h2-7,9,12-13,17H,8,10-11,14H2,1H3,(H2,24,26,28);1H. The summed E-state index contributed by atoms with van der Waals surface area (Å²) in [6, 6.07) is 10.7. The first-order valence-electron chi connectivity index (χ1n) is 9.74. The fourth-order valence-electron chi connectivity index (χ4n) is 3.44. The summed E-state index contributed by atoms with van der Waals surface area (Å²) in [6.07, 6.45) is 6.27. The average molecular weight is 556 g/mol. The quantitative estimate of drug-likeness (QED) is 0.286. The van der Waals surface area contributed by atoms with Gasteiger partial charge in [-0.25, -0.2) is 14.1 Å². The van der Waals surface area contributed by atoms with Crippen LogP contribution in [0.15, 0.2) is 60.0 Å². The lowest BCUT2D eigenvalue weighted by molar-refractivity contribution is 0.612. The van der Waals surface area contributed by atoms with Gasteiger partial charge < -0.3 is 15.5 Å².